The first-order chi connectivity index (χ1) is 11.4. The monoisotopic (exact) mass is 346 g/mol. The van der Waals surface area contributed by atoms with Crippen molar-refractivity contribution in [3.63, 3.8) is 0 Å². The number of aliphatic carboxylic acids is 1. The number of nitrogens with one attached hydrogen (secondary N) is 1. The van der Waals surface area contributed by atoms with Gasteiger partial charge in [-0.15, -0.1) is 0 Å². The molecule has 0 aliphatic rings. The maximum absolute atomic E-state index is 12.1. The molecule has 0 spiro atoms. The van der Waals surface area contributed by atoms with Crippen LogP contribution < -0.4 is 5.32 Å². The number of rotatable bonds is 5. The number of non-ortho nitro benzene ring substituents is 1. The van der Waals surface area contributed by atoms with Gasteiger partial charge in [0.2, 0.25) is 0 Å². The van der Waals surface area contributed by atoms with Crippen LogP contribution in [0.2, 0.25) is 5.02 Å². The molecule has 0 aliphatic heterocycles. The fourth-order valence-corrected chi connectivity index (χ4v) is 2.10. The smallest absolute Gasteiger partial charge is 0.352 e. The Labute approximate surface area is 141 Å². The maximum atomic E-state index is 12.1. The van der Waals surface area contributed by atoms with Crippen LogP contribution in [0.5, 0.6) is 0 Å². The van der Waals surface area contributed by atoms with E-state index >= 15 is 0 Å². The molecule has 0 saturated heterocycles. The Hall–Kier alpha value is -3.19. The Balaban J connectivity index is 2.31. The minimum absolute atomic E-state index is 0.116. The molecule has 0 aliphatic carbocycles. The van der Waals surface area contributed by atoms with Crippen LogP contribution >= 0.6 is 11.6 Å². The summed E-state index contributed by atoms with van der Waals surface area (Å²) in [5.41, 5.74) is -0.238. The van der Waals surface area contributed by atoms with Gasteiger partial charge in [-0.1, -0.05) is 35.9 Å². The highest BCUT2D eigenvalue weighted by Crippen LogP contribution is 2.17. The van der Waals surface area contributed by atoms with Crippen molar-refractivity contribution in [2.24, 2.45) is 0 Å². The molecule has 122 valence electrons. The lowest BCUT2D eigenvalue weighted by atomic mass is 10.1. The summed E-state index contributed by atoms with van der Waals surface area (Å²) in [6.45, 7) is 0. The normalized spacial score (nSPS) is 11.0. The first-order valence-electron chi connectivity index (χ1n) is 6.64. The molecule has 2 aromatic rings. The fourth-order valence-electron chi connectivity index (χ4n) is 1.88. The van der Waals surface area contributed by atoms with Crippen molar-refractivity contribution in [1.29, 1.82) is 0 Å². The van der Waals surface area contributed by atoms with Gasteiger partial charge in [-0.25, -0.2) is 4.79 Å². The van der Waals surface area contributed by atoms with Gasteiger partial charge in [0, 0.05) is 12.1 Å². The van der Waals surface area contributed by atoms with Crippen LogP contribution in [0, 0.1) is 10.1 Å². The standard InChI is InChI=1S/C16H11ClN2O5/c17-13-7-2-1-6-12(13)15(20)18-14(16(21)22)9-10-4-3-5-11(8-10)19(23)24/h1-9H,(H,18,20)(H,21,22)/b14-9+. The molecule has 0 radical (unpaired) electrons. The van der Waals surface area contributed by atoms with Gasteiger partial charge in [-0.3, -0.25) is 14.9 Å². The Kier molecular flexibility index (Phi) is 5.28. The molecule has 24 heavy (non-hydrogen) atoms. The van der Waals surface area contributed by atoms with E-state index < -0.39 is 22.5 Å². The fraction of sp³-hybridized carbons (Fsp3) is 0. The molecule has 2 rings (SSSR count). The van der Waals surface area contributed by atoms with Crippen molar-refractivity contribution >= 4 is 35.2 Å². The van der Waals surface area contributed by atoms with Gasteiger partial charge in [0.25, 0.3) is 11.6 Å². The number of hydrogen-bond acceptors (Lipinski definition) is 4. The van der Waals surface area contributed by atoms with Crippen molar-refractivity contribution in [2.75, 3.05) is 0 Å². The molecule has 0 aromatic heterocycles. The van der Waals surface area contributed by atoms with E-state index in [1.807, 2.05) is 0 Å². The highest BCUT2D eigenvalue weighted by Gasteiger charge is 2.16. The summed E-state index contributed by atoms with van der Waals surface area (Å²) in [6.07, 6.45) is 1.13. The van der Waals surface area contributed by atoms with Crippen LogP contribution in [0.1, 0.15) is 15.9 Å². The van der Waals surface area contributed by atoms with E-state index in [4.69, 9.17) is 11.6 Å². The zero-order chi connectivity index (χ0) is 17.7. The van der Waals surface area contributed by atoms with Crippen LogP contribution in [-0.4, -0.2) is 21.9 Å². The second-order valence-corrected chi connectivity index (χ2v) is 5.06. The van der Waals surface area contributed by atoms with Crippen molar-refractivity contribution in [2.45, 2.75) is 0 Å². The number of amides is 1. The molecular weight excluding hydrogens is 336 g/mol. The topological polar surface area (TPSA) is 110 Å². The van der Waals surface area contributed by atoms with Gasteiger partial charge in [0.15, 0.2) is 0 Å². The van der Waals surface area contributed by atoms with E-state index in [1.165, 1.54) is 36.4 Å². The Morgan fingerprint density at radius 2 is 1.88 bits per heavy atom. The molecule has 0 unspecified atom stereocenters. The average Bonchev–Trinajstić information content (AvgIpc) is 2.54. The zero-order valence-electron chi connectivity index (χ0n) is 12.1. The third-order valence-electron chi connectivity index (χ3n) is 2.99. The number of nitro groups is 1. The predicted octanol–water partition coefficient (Wildman–Crippen LogP) is 3.10. The third kappa shape index (κ3) is 4.17. The second kappa shape index (κ2) is 7.38. The lowest BCUT2D eigenvalue weighted by Gasteiger charge is -2.07. The van der Waals surface area contributed by atoms with Gasteiger partial charge in [-0.05, 0) is 23.8 Å². The van der Waals surface area contributed by atoms with E-state index in [2.05, 4.69) is 5.32 Å². The van der Waals surface area contributed by atoms with Gasteiger partial charge < -0.3 is 10.4 Å². The van der Waals surface area contributed by atoms with Crippen molar-refractivity contribution in [3.05, 3.63) is 80.5 Å². The number of carbonyl (C=O) groups excluding carboxylic acids is 1. The molecular formula is C16H11ClN2O5. The number of hydrogen-bond donors (Lipinski definition) is 2. The summed E-state index contributed by atoms with van der Waals surface area (Å²) in [5, 5.41) is 22.4. The SMILES string of the molecule is O=C(O)/C(=C\c1cccc([N+](=O)[O-])c1)NC(=O)c1ccccc1Cl. The summed E-state index contributed by atoms with van der Waals surface area (Å²) >= 11 is 5.90. The molecule has 2 aromatic carbocycles. The van der Waals surface area contributed by atoms with Crippen LogP contribution in [-0.2, 0) is 4.79 Å². The Morgan fingerprint density at radius 3 is 2.50 bits per heavy atom. The maximum Gasteiger partial charge on any atom is 0.352 e. The zero-order valence-corrected chi connectivity index (χ0v) is 12.9. The van der Waals surface area contributed by atoms with Gasteiger partial charge >= 0.3 is 5.97 Å². The number of nitro benzene ring substituents is 1. The van der Waals surface area contributed by atoms with E-state index in [9.17, 15) is 24.8 Å². The summed E-state index contributed by atoms with van der Waals surface area (Å²) in [6, 6.07) is 11.6. The molecule has 0 saturated carbocycles. The lowest BCUT2D eigenvalue weighted by Crippen LogP contribution is -2.27. The summed E-state index contributed by atoms with van der Waals surface area (Å²) in [4.78, 5) is 33.6. The number of benzene rings is 2. The van der Waals surface area contributed by atoms with Crippen LogP contribution in [0.4, 0.5) is 5.69 Å². The average molecular weight is 347 g/mol. The molecule has 2 N–H and O–H groups in total. The Bertz CT molecular complexity index is 848. The molecule has 0 atom stereocenters. The summed E-state index contributed by atoms with van der Waals surface area (Å²) < 4.78 is 0. The van der Waals surface area contributed by atoms with E-state index in [1.54, 1.807) is 12.1 Å². The van der Waals surface area contributed by atoms with Gasteiger partial charge in [0.1, 0.15) is 5.70 Å². The molecule has 0 bridgehead atoms. The molecule has 0 heterocycles. The number of halogens is 1. The largest absolute Gasteiger partial charge is 0.477 e. The highest BCUT2D eigenvalue weighted by molar-refractivity contribution is 6.34. The molecule has 1 amide bonds. The summed E-state index contributed by atoms with van der Waals surface area (Å²) in [5.74, 6) is -2.08. The first-order valence-corrected chi connectivity index (χ1v) is 7.01. The van der Waals surface area contributed by atoms with Crippen molar-refractivity contribution in [1.82, 2.24) is 5.32 Å². The molecule has 7 nitrogen and oxygen atoms in total. The van der Waals surface area contributed by atoms with Crippen LogP contribution in [0.15, 0.2) is 54.2 Å². The van der Waals surface area contributed by atoms with Crippen LogP contribution in [0.25, 0.3) is 6.08 Å². The molecule has 0 fully saturated rings. The first kappa shape index (κ1) is 17.2. The highest BCUT2D eigenvalue weighted by atomic mass is 35.5. The molecule has 8 heteroatoms. The van der Waals surface area contributed by atoms with Gasteiger partial charge in [-0.2, -0.15) is 0 Å². The minimum atomic E-state index is -1.39. The Morgan fingerprint density at radius 1 is 1.17 bits per heavy atom. The second-order valence-electron chi connectivity index (χ2n) is 4.65. The third-order valence-corrected chi connectivity index (χ3v) is 3.32. The predicted molar refractivity (Wildman–Crippen MR) is 87.6 cm³/mol. The quantitative estimate of drug-likeness (QED) is 0.491. The number of nitrogens with zero attached hydrogens (tertiary/aromatic N) is 1. The van der Waals surface area contributed by atoms with Crippen LogP contribution in [0.3, 0.4) is 0 Å². The van der Waals surface area contributed by atoms with E-state index in [-0.39, 0.29) is 21.8 Å². The minimum Gasteiger partial charge on any atom is -0.477 e. The number of carboxylic acid groups (broad SMARTS) is 1. The van der Waals surface area contributed by atoms with Crippen molar-refractivity contribution < 1.29 is 19.6 Å². The summed E-state index contributed by atoms with van der Waals surface area (Å²) in [7, 11) is 0. The van der Waals surface area contributed by atoms with E-state index in [0.717, 1.165) is 6.08 Å². The van der Waals surface area contributed by atoms with E-state index in [0.29, 0.717) is 0 Å². The van der Waals surface area contributed by atoms with Crippen molar-refractivity contribution in [3.8, 4) is 0 Å². The lowest BCUT2D eigenvalue weighted by molar-refractivity contribution is -0.384. The number of carbonyl (C=O) groups is 2. The number of carboxylic acids is 1. The van der Waals surface area contributed by atoms with Gasteiger partial charge in [0.05, 0.1) is 15.5 Å².